The second-order valence-corrected chi connectivity index (χ2v) is 5.52. The third kappa shape index (κ3) is 2.28. The summed E-state index contributed by atoms with van der Waals surface area (Å²) in [5.74, 6) is 0. The maximum absolute atomic E-state index is 2.78. The maximum Gasteiger partial charge on any atom is 0.0208 e. The Kier molecular flexibility index (Phi) is 3.91. The van der Waals surface area contributed by atoms with E-state index in [2.05, 4.69) is 30.6 Å². The number of likely N-dealkylation sites (tertiary alicyclic amines) is 1. The van der Waals surface area contributed by atoms with Crippen LogP contribution in [0.5, 0.6) is 0 Å². The molecule has 94 valence electrons. The lowest BCUT2D eigenvalue weighted by atomic mass is 9.99. The lowest BCUT2D eigenvalue weighted by molar-refractivity contribution is 0.0778. The van der Waals surface area contributed by atoms with Gasteiger partial charge in [-0.2, -0.15) is 0 Å². The first-order valence-corrected chi connectivity index (χ1v) is 7.25. The van der Waals surface area contributed by atoms with Crippen molar-refractivity contribution < 1.29 is 0 Å². The van der Waals surface area contributed by atoms with Gasteiger partial charge in [0.1, 0.15) is 0 Å². The van der Waals surface area contributed by atoms with Crippen LogP contribution >= 0.6 is 0 Å². The molecule has 2 fully saturated rings. The van der Waals surface area contributed by atoms with Crippen LogP contribution in [0.4, 0.5) is 0 Å². The van der Waals surface area contributed by atoms with Crippen molar-refractivity contribution in [3.8, 4) is 0 Å². The molecule has 0 spiro atoms. The molecule has 0 atom stereocenters. The Labute approximate surface area is 101 Å². The molecule has 1 aliphatic carbocycles. The minimum atomic E-state index is 0.647. The molecule has 2 rings (SSSR count). The zero-order valence-corrected chi connectivity index (χ0v) is 11.3. The molecule has 0 unspecified atom stereocenters. The van der Waals surface area contributed by atoms with Crippen LogP contribution in [-0.2, 0) is 0 Å². The van der Waals surface area contributed by atoms with E-state index in [0.29, 0.717) is 5.54 Å². The van der Waals surface area contributed by atoms with E-state index in [9.17, 15) is 0 Å². The summed E-state index contributed by atoms with van der Waals surface area (Å²) in [5.41, 5.74) is 0.647. The summed E-state index contributed by atoms with van der Waals surface area (Å²) in [7, 11) is 0. The van der Waals surface area contributed by atoms with Crippen molar-refractivity contribution in [1.82, 2.24) is 9.80 Å². The van der Waals surface area contributed by atoms with Gasteiger partial charge in [-0.25, -0.2) is 0 Å². The Balaban J connectivity index is 1.82. The van der Waals surface area contributed by atoms with E-state index in [4.69, 9.17) is 0 Å². The Hall–Kier alpha value is -0.0800. The molecule has 0 aromatic rings. The van der Waals surface area contributed by atoms with Crippen LogP contribution in [0.3, 0.4) is 0 Å². The minimum Gasteiger partial charge on any atom is -0.301 e. The smallest absolute Gasteiger partial charge is 0.0208 e. The summed E-state index contributed by atoms with van der Waals surface area (Å²) in [4.78, 5) is 5.43. The molecule has 1 aliphatic heterocycles. The predicted molar refractivity (Wildman–Crippen MR) is 69.8 cm³/mol. The summed E-state index contributed by atoms with van der Waals surface area (Å²) in [6.07, 6.45) is 7.06. The van der Waals surface area contributed by atoms with E-state index in [1.165, 1.54) is 58.3 Å². The molecule has 2 aliphatic rings. The largest absolute Gasteiger partial charge is 0.301 e. The van der Waals surface area contributed by atoms with Gasteiger partial charge in [-0.1, -0.05) is 20.8 Å². The summed E-state index contributed by atoms with van der Waals surface area (Å²) >= 11 is 0. The molecule has 0 radical (unpaired) electrons. The van der Waals surface area contributed by atoms with Crippen LogP contribution in [0.25, 0.3) is 0 Å². The fourth-order valence-electron chi connectivity index (χ4n) is 3.48. The molecule has 1 saturated heterocycles. The van der Waals surface area contributed by atoms with Crippen molar-refractivity contribution in [3.63, 3.8) is 0 Å². The van der Waals surface area contributed by atoms with Crippen LogP contribution in [0.2, 0.25) is 0 Å². The van der Waals surface area contributed by atoms with E-state index in [1.807, 2.05) is 0 Å². The molecule has 0 N–H and O–H groups in total. The van der Waals surface area contributed by atoms with Gasteiger partial charge in [0.05, 0.1) is 0 Å². The van der Waals surface area contributed by atoms with E-state index < -0.39 is 0 Å². The lowest BCUT2D eigenvalue weighted by Gasteiger charge is -2.41. The van der Waals surface area contributed by atoms with Gasteiger partial charge < -0.3 is 4.90 Å². The van der Waals surface area contributed by atoms with Gasteiger partial charge in [0.25, 0.3) is 0 Å². The number of hydrogen-bond donors (Lipinski definition) is 0. The molecular formula is C14H28N2. The first kappa shape index (κ1) is 12.4. The van der Waals surface area contributed by atoms with Gasteiger partial charge in [0.15, 0.2) is 0 Å². The first-order valence-electron chi connectivity index (χ1n) is 7.25. The highest BCUT2D eigenvalue weighted by molar-refractivity contribution is 5.04. The van der Waals surface area contributed by atoms with Crippen LogP contribution in [0.15, 0.2) is 0 Å². The van der Waals surface area contributed by atoms with Gasteiger partial charge in [0, 0.05) is 24.7 Å². The Bertz CT molecular complexity index is 211. The number of rotatable bonds is 5. The maximum atomic E-state index is 2.78. The number of nitrogens with zero attached hydrogens (tertiary/aromatic N) is 2. The molecule has 0 aromatic heterocycles. The fourth-order valence-corrected chi connectivity index (χ4v) is 3.48. The Morgan fingerprint density at radius 2 is 1.62 bits per heavy atom. The van der Waals surface area contributed by atoms with E-state index in [-0.39, 0.29) is 0 Å². The van der Waals surface area contributed by atoms with Crippen LogP contribution in [-0.4, -0.2) is 47.6 Å². The molecule has 1 heterocycles. The second kappa shape index (κ2) is 5.05. The number of hydrogen-bond acceptors (Lipinski definition) is 2. The molecule has 2 heteroatoms. The van der Waals surface area contributed by atoms with Gasteiger partial charge in [-0.05, 0) is 45.2 Å². The van der Waals surface area contributed by atoms with Crippen molar-refractivity contribution >= 4 is 0 Å². The van der Waals surface area contributed by atoms with Crippen molar-refractivity contribution in [2.75, 3.05) is 26.2 Å². The minimum absolute atomic E-state index is 0.647. The Morgan fingerprint density at radius 3 is 2.00 bits per heavy atom. The summed E-state index contributed by atoms with van der Waals surface area (Å²) < 4.78 is 0. The average molecular weight is 224 g/mol. The molecule has 0 amide bonds. The van der Waals surface area contributed by atoms with Crippen LogP contribution < -0.4 is 0 Å². The summed E-state index contributed by atoms with van der Waals surface area (Å²) in [5, 5.41) is 0. The number of piperidine rings is 1. The molecule has 2 nitrogen and oxygen atoms in total. The van der Waals surface area contributed by atoms with Crippen molar-refractivity contribution in [2.45, 2.75) is 64.5 Å². The SMILES string of the molecule is CCN(CC)C1CCN(C2(CC)CC2)CC1. The van der Waals surface area contributed by atoms with E-state index in [1.54, 1.807) is 0 Å². The highest BCUT2D eigenvalue weighted by Crippen LogP contribution is 2.45. The molecule has 1 saturated carbocycles. The van der Waals surface area contributed by atoms with E-state index >= 15 is 0 Å². The second-order valence-electron chi connectivity index (χ2n) is 5.52. The summed E-state index contributed by atoms with van der Waals surface area (Å²) in [6, 6.07) is 0.860. The van der Waals surface area contributed by atoms with Crippen molar-refractivity contribution in [3.05, 3.63) is 0 Å². The van der Waals surface area contributed by atoms with Gasteiger partial charge in [0.2, 0.25) is 0 Å². The first-order chi connectivity index (χ1) is 7.75. The van der Waals surface area contributed by atoms with Gasteiger partial charge >= 0.3 is 0 Å². The summed E-state index contributed by atoms with van der Waals surface area (Å²) in [6.45, 7) is 12.1. The molecule has 16 heavy (non-hydrogen) atoms. The van der Waals surface area contributed by atoms with Crippen molar-refractivity contribution in [1.29, 1.82) is 0 Å². The molecule has 0 bridgehead atoms. The average Bonchev–Trinajstić information content (AvgIpc) is 3.12. The van der Waals surface area contributed by atoms with Crippen molar-refractivity contribution in [2.24, 2.45) is 0 Å². The highest BCUT2D eigenvalue weighted by Gasteiger charge is 2.46. The lowest BCUT2D eigenvalue weighted by Crippen LogP contribution is -2.48. The van der Waals surface area contributed by atoms with Gasteiger partial charge in [-0.15, -0.1) is 0 Å². The third-order valence-electron chi connectivity index (χ3n) is 4.95. The third-order valence-corrected chi connectivity index (χ3v) is 4.95. The zero-order valence-electron chi connectivity index (χ0n) is 11.3. The predicted octanol–water partition coefficient (Wildman–Crippen LogP) is 2.74. The highest BCUT2D eigenvalue weighted by atomic mass is 15.3. The Morgan fingerprint density at radius 1 is 1.06 bits per heavy atom. The topological polar surface area (TPSA) is 6.48 Å². The van der Waals surface area contributed by atoms with Gasteiger partial charge in [-0.3, -0.25) is 4.90 Å². The quantitative estimate of drug-likeness (QED) is 0.708. The normalized spacial score (nSPS) is 26.2. The van der Waals surface area contributed by atoms with Crippen LogP contribution in [0, 0.1) is 0 Å². The molecule has 0 aromatic carbocycles. The molecular weight excluding hydrogens is 196 g/mol. The zero-order chi connectivity index (χ0) is 11.6. The van der Waals surface area contributed by atoms with E-state index in [0.717, 1.165) is 6.04 Å². The van der Waals surface area contributed by atoms with Crippen LogP contribution in [0.1, 0.15) is 52.9 Å². The monoisotopic (exact) mass is 224 g/mol. The fraction of sp³-hybridized carbons (Fsp3) is 1.00. The standard InChI is InChI=1S/C14H28N2/c1-4-14(9-10-14)16-11-7-13(8-12-16)15(5-2)6-3/h13H,4-12H2,1-3H3.